The van der Waals surface area contributed by atoms with Crippen LogP contribution >= 0.6 is 11.8 Å². The van der Waals surface area contributed by atoms with Gasteiger partial charge in [-0.3, -0.25) is 19.2 Å². The molecule has 6 N–H and O–H groups in total. The monoisotopic (exact) mass is 932 g/mol. The van der Waals surface area contributed by atoms with Crippen LogP contribution in [0.3, 0.4) is 0 Å². The summed E-state index contributed by atoms with van der Waals surface area (Å²) in [6.07, 6.45) is -0.339. The number of rotatable bonds is 23. The number of carbonyl (C=O) groups excluding carboxylic acids is 7. The van der Waals surface area contributed by atoms with Gasteiger partial charge in [-0.1, -0.05) is 60.7 Å². The third-order valence-electron chi connectivity index (χ3n) is 10.5. The van der Waals surface area contributed by atoms with Crippen LogP contribution in [0.15, 0.2) is 72.8 Å². The minimum absolute atomic E-state index is 0.00653. The molecule has 3 aromatic carbocycles. The number of amides is 6. The van der Waals surface area contributed by atoms with Crippen LogP contribution in [0.1, 0.15) is 90.3 Å². The van der Waals surface area contributed by atoms with Gasteiger partial charge in [0, 0.05) is 37.5 Å². The summed E-state index contributed by atoms with van der Waals surface area (Å²) in [6.45, 7) is 12.2. The van der Waals surface area contributed by atoms with E-state index in [4.69, 9.17) is 18.9 Å². The number of methoxy groups -OCH3 is 1. The zero-order valence-corrected chi connectivity index (χ0v) is 39.8. The first-order chi connectivity index (χ1) is 31.3. The van der Waals surface area contributed by atoms with Gasteiger partial charge in [-0.25, -0.2) is 14.4 Å². The van der Waals surface area contributed by atoms with Crippen molar-refractivity contribution < 1.29 is 52.5 Å². The SMILES string of the molecule is COC(=O)C(Cc1ccc(OCCNC(=O)OC(C)(C)C)cc1)NC(=O)[C@@H](NC(=O)[C@H](CCCCNC(C)=O)NC(=O)OCC1c2ccccc2-c2ccccc21)C(C)(C)SCNC(C)=O. The van der Waals surface area contributed by atoms with Crippen LogP contribution in [0.2, 0.25) is 0 Å². The molecule has 1 unspecified atom stereocenters. The molecule has 0 saturated carbocycles. The molecule has 4 rings (SSSR count). The quantitative estimate of drug-likeness (QED) is 0.0316. The molecule has 0 aromatic heterocycles. The van der Waals surface area contributed by atoms with E-state index in [-0.39, 0.29) is 56.2 Å². The number of benzene rings is 3. The Kier molecular flexibility index (Phi) is 19.7. The van der Waals surface area contributed by atoms with Gasteiger partial charge in [-0.05, 0) is 93.8 Å². The van der Waals surface area contributed by atoms with Crippen LogP contribution in [0.4, 0.5) is 9.59 Å². The number of hydrogen-bond acceptors (Lipinski definition) is 12. The predicted molar refractivity (Wildman–Crippen MR) is 251 cm³/mol. The molecule has 17 nitrogen and oxygen atoms in total. The number of ether oxygens (including phenoxy) is 4. The molecule has 3 aromatic rings. The number of carbonyl (C=O) groups is 7. The van der Waals surface area contributed by atoms with Crippen molar-refractivity contribution in [2.24, 2.45) is 0 Å². The van der Waals surface area contributed by atoms with Crippen molar-refractivity contribution in [1.29, 1.82) is 0 Å². The topological polar surface area (TPSA) is 229 Å². The number of esters is 1. The van der Waals surface area contributed by atoms with Gasteiger partial charge in [0.25, 0.3) is 0 Å². The summed E-state index contributed by atoms with van der Waals surface area (Å²) < 4.78 is 20.7. The highest BCUT2D eigenvalue weighted by atomic mass is 32.2. The van der Waals surface area contributed by atoms with Gasteiger partial charge in [-0.2, -0.15) is 0 Å². The number of nitrogens with one attached hydrogen (secondary N) is 6. The van der Waals surface area contributed by atoms with E-state index in [1.807, 2.05) is 48.5 Å². The standard InChI is InChI=1S/C48H64N6O11S/c1-30(55)49-24-14-13-19-39(53-46(61)64-28-38-36-17-11-9-15-34(36)35-16-10-12-18-37(35)38)42(57)54-41(48(6,7)66-29-51-31(2)56)43(58)52-40(44(59)62-8)27-32-20-22-33(23-21-32)63-26-25-50-45(60)65-47(3,4)5/h9-12,15-18,20-23,38-41H,13-14,19,24-29H2,1-8H3,(H,49,55)(H,50,60)(H,51,56)(H,52,58)(H,53,61)(H,54,57)/t39-,40?,41+/m0/s1. The maximum atomic E-state index is 14.4. The van der Waals surface area contributed by atoms with Gasteiger partial charge in [0.2, 0.25) is 23.6 Å². The Labute approximate surface area is 390 Å². The average Bonchev–Trinajstić information content (AvgIpc) is 3.58. The normalized spacial score (nSPS) is 13.3. The van der Waals surface area contributed by atoms with Crippen LogP contribution in [-0.2, 0) is 44.6 Å². The number of fused-ring (bicyclic) bond motifs is 3. The summed E-state index contributed by atoms with van der Waals surface area (Å²) in [5.74, 6) is -2.28. The van der Waals surface area contributed by atoms with Crippen molar-refractivity contribution in [3.05, 3.63) is 89.5 Å². The summed E-state index contributed by atoms with van der Waals surface area (Å²) in [4.78, 5) is 90.7. The smallest absolute Gasteiger partial charge is 0.407 e. The van der Waals surface area contributed by atoms with E-state index >= 15 is 0 Å². The Morgan fingerprint density at radius 3 is 1.89 bits per heavy atom. The first-order valence-electron chi connectivity index (χ1n) is 21.9. The maximum Gasteiger partial charge on any atom is 0.407 e. The lowest BCUT2D eigenvalue weighted by Crippen LogP contribution is -2.62. The summed E-state index contributed by atoms with van der Waals surface area (Å²) in [7, 11) is 1.20. The summed E-state index contributed by atoms with van der Waals surface area (Å²) >= 11 is 1.19. The second kappa shape index (κ2) is 24.8. The summed E-state index contributed by atoms with van der Waals surface area (Å²) in [5.41, 5.74) is 4.17. The molecule has 358 valence electrons. The lowest BCUT2D eigenvalue weighted by Gasteiger charge is -2.35. The van der Waals surface area contributed by atoms with E-state index in [2.05, 4.69) is 31.9 Å². The molecule has 0 fully saturated rings. The minimum atomic E-state index is -1.31. The van der Waals surface area contributed by atoms with Gasteiger partial charge in [0.15, 0.2) is 0 Å². The van der Waals surface area contributed by atoms with E-state index in [1.54, 1.807) is 58.9 Å². The fraction of sp³-hybridized carbons (Fsp3) is 0.479. The number of hydrogen-bond donors (Lipinski definition) is 6. The Hall–Kier alpha value is -6.30. The van der Waals surface area contributed by atoms with Crippen molar-refractivity contribution in [2.75, 3.05) is 39.3 Å². The highest BCUT2D eigenvalue weighted by molar-refractivity contribution is 8.00. The van der Waals surface area contributed by atoms with Crippen LogP contribution in [0.25, 0.3) is 11.1 Å². The molecular weight excluding hydrogens is 869 g/mol. The average molecular weight is 933 g/mol. The van der Waals surface area contributed by atoms with Crippen molar-refractivity contribution in [3.63, 3.8) is 0 Å². The highest BCUT2D eigenvalue weighted by Crippen LogP contribution is 2.44. The highest BCUT2D eigenvalue weighted by Gasteiger charge is 2.40. The van der Waals surface area contributed by atoms with Crippen molar-refractivity contribution in [3.8, 4) is 16.9 Å². The Morgan fingerprint density at radius 2 is 1.30 bits per heavy atom. The van der Waals surface area contributed by atoms with Crippen LogP contribution < -0.4 is 36.6 Å². The first kappa shape index (κ1) is 52.3. The van der Waals surface area contributed by atoms with Gasteiger partial charge in [0.05, 0.1) is 19.5 Å². The largest absolute Gasteiger partial charge is 0.492 e. The summed E-state index contributed by atoms with van der Waals surface area (Å²) in [6, 6.07) is 19.0. The second-order valence-electron chi connectivity index (χ2n) is 17.3. The van der Waals surface area contributed by atoms with Gasteiger partial charge < -0.3 is 50.8 Å². The van der Waals surface area contributed by atoms with Gasteiger partial charge >= 0.3 is 18.2 Å². The molecule has 1 aliphatic carbocycles. The van der Waals surface area contributed by atoms with E-state index in [0.29, 0.717) is 30.7 Å². The van der Waals surface area contributed by atoms with Crippen molar-refractivity contribution in [2.45, 2.75) is 109 Å². The third kappa shape index (κ3) is 16.6. The Morgan fingerprint density at radius 1 is 0.682 bits per heavy atom. The maximum absolute atomic E-state index is 14.4. The fourth-order valence-corrected chi connectivity index (χ4v) is 8.16. The first-order valence-corrected chi connectivity index (χ1v) is 22.9. The van der Waals surface area contributed by atoms with Crippen molar-refractivity contribution in [1.82, 2.24) is 31.9 Å². The summed E-state index contributed by atoms with van der Waals surface area (Å²) in [5, 5.41) is 16.4. The second-order valence-corrected chi connectivity index (χ2v) is 18.9. The van der Waals surface area contributed by atoms with Gasteiger partial charge in [0.1, 0.15) is 42.7 Å². The molecule has 1 aliphatic rings. The molecule has 3 atom stereocenters. The lowest BCUT2D eigenvalue weighted by atomic mass is 9.98. The molecule has 66 heavy (non-hydrogen) atoms. The predicted octanol–water partition coefficient (Wildman–Crippen LogP) is 5.09. The number of thioether (sulfide) groups is 1. The molecule has 0 bridgehead atoms. The third-order valence-corrected chi connectivity index (χ3v) is 11.7. The molecule has 6 amide bonds. The van der Waals surface area contributed by atoms with E-state index in [0.717, 1.165) is 22.3 Å². The van der Waals surface area contributed by atoms with E-state index in [9.17, 15) is 33.6 Å². The van der Waals surface area contributed by atoms with Crippen molar-refractivity contribution >= 4 is 53.5 Å². The number of unbranched alkanes of at least 4 members (excludes halogenated alkanes) is 1. The molecule has 18 heteroatoms. The molecular formula is C48H64N6O11S. The molecule has 0 spiro atoms. The van der Waals surface area contributed by atoms with Crippen LogP contribution in [-0.4, -0.2) is 110 Å². The van der Waals surface area contributed by atoms with E-state index < -0.39 is 58.4 Å². The molecule has 0 heterocycles. The molecule has 0 aliphatic heterocycles. The molecule has 0 radical (unpaired) electrons. The zero-order chi connectivity index (χ0) is 48.4. The fourth-order valence-electron chi connectivity index (χ4n) is 7.18. The lowest BCUT2D eigenvalue weighted by molar-refractivity contribution is -0.145. The van der Waals surface area contributed by atoms with Crippen LogP contribution in [0, 0.1) is 0 Å². The Bertz CT molecular complexity index is 2120. The molecule has 0 saturated heterocycles. The van der Waals surface area contributed by atoms with E-state index in [1.165, 1.54) is 32.7 Å². The Balaban J connectivity index is 1.49. The minimum Gasteiger partial charge on any atom is -0.492 e. The zero-order valence-electron chi connectivity index (χ0n) is 39.0. The van der Waals surface area contributed by atoms with Gasteiger partial charge in [-0.15, -0.1) is 11.8 Å². The van der Waals surface area contributed by atoms with Crippen LogP contribution in [0.5, 0.6) is 5.75 Å². The number of alkyl carbamates (subject to hydrolysis) is 2.